The first-order valence-corrected chi connectivity index (χ1v) is 8.40. The minimum atomic E-state index is 0.451. The van der Waals surface area contributed by atoms with Gasteiger partial charge in [-0.25, -0.2) is 14.5 Å². The highest BCUT2D eigenvalue weighted by Crippen LogP contribution is 2.28. The van der Waals surface area contributed by atoms with Gasteiger partial charge >= 0.3 is 0 Å². The molecule has 24 heavy (non-hydrogen) atoms. The van der Waals surface area contributed by atoms with Crippen molar-refractivity contribution < 1.29 is 4.74 Å². The first-order valence-electron chi connectivity index (χ1n) is 8.40. The van der Waals surface area contributed by atoms with Gasteiger partial charge in [-0.1, -0.05) is 18.9 Å². The monoisotopic (exact) mass is 323 g/mol. The van der Waals surface area contributed by atoms with Crippen molar-refractivity contribution in [2.75, 3.05) is 12.4 Å². The van der Waals surface area contributed by atoms with Gasteiger partial charge in [-0.2, -0.15) is 5.10 Å². The number of methoxy groups -OCH3 is 1. The fraction of sp³-hybridized carbons (Fsp3) is 0.389. The summed E-state index contributed by atoms with van der Waals surface area (Å²) in [4.78, 5) is 9.13. The molecule has 3 aromatic rings. The molecule has 1 saturated carbocycles. The number of ether oxygens (including phenoxy) is 1. The van der Waals surface area contributed by atoms with Crippen molar-refractivity contribution in [2.24, 2.45) is 0 Å². The van der Waals surface area contributed by atoms with Crippen molar-refractivity contribution >= 4 is 11.5 Å². The van der Waals surface area contributed by atoms with E-state index < -0.39 is 0 Å². The summed E-state index contributed by atoms with van der Waals surface area (Å²) in [7, 11) is 1.68. The molecule has 4 rings (SSSR count). The Kier molecular flexibility index (Phi) is 4.13. The molecule has 0 saturated heterocycles. The quantitative estimate of drug-likeness (QED) is 0.780. The van der Waals surface area contributed by atoms with E-state index in [1.165, 1.54) is 25.7 Å². The second-order valence-electron chi connectivity index (χ2n) is 6.18. The van der Waals surface area contributed by atoms with Crippen LogP contribution in [0.5, 0.6) is 0 Å². The van der Waals surface area contributed by atoms with E-state index >= 15 is 0 Å². The molecule has 0 atom stereocenters. The lowest BCUT2D eigenvalue weighted by Crippen LogP contribution is -2.16. The van der Waals surface area contributed by atoms with Gasteiger partial charge in [0.1, 0.15) is 0 Å². The third-order valence-electron chi connectivity index (χ3n) is 4.49. The molecule has 0 aromatic carbocycles. The predicted molar refractivity (Wildman–Crippen MR) is 92.8 cm³/mol. The fourth-order valence-electron chi connectivity index (χ4n) is 3.38. The molecule has 0 amide bonds. The van der Waals surface area contributed by atoms with E-state index in [1.807, 2.05) is 41.2 Å². The summed E-state index contributed by atoms with van der Waals surface area (Å²) < 4.78 is 7.19. The molecule has 3 heterocycles. The Bertz CT molecular complexity index is 838. The van der Waals surface area contributed by atoms with Crippen molar-refractivity contribution in [2.45, 2.75) is 38.3 Å². The van der Waals surface area contributed by atoms with E-state index in [9.17, 15) is 0 Å². The van der Waals surface area contributed by atoms with Gasteiger partial charge in [-0.05, 0) is 31.0 Å². The van der Waals surface area contributed by atoms with Crippen LogP contribution in [0.4, 0.5) is 5.95 Å². The van der Waals surface area contributed by atoms with Crippen molar-refractivity contribution in [3.63, 3.8) is 0 Å². The topological polar surface area (TPSA) is 64.3 Å². The van der Waals surface area contributed by atoms with Gasteiger partial charge < -0.3 is 10.1 Å². The van der Waals surface area contributed by atoms with Crippen molar-refractivity contribution in [3.05, 3.63) is 42.4 Å². The van der Waals surface area contributed by atoms with Crippen LogP contribution in [0, 0.1) is 0 Å². The number of hydrogen-bond acceptors (Lipinski definition) is 5. The van der Waals surface area contributed by atoms with E-state index in [2.05, 4.69) is 15.4 Å². The zero-order chi connectivity index (χ0) is 16.4. The first kappa shape index (κ1) is 15.1. The van der Waals surface area contributed by atoms with Crippen LogP contribution in [-0.2, 0) is 11.3 Å². The maximum Gasteiger partial charge on any atom is 0.223 e. The van der Waals surface area contributed by atoms with Crippen LogP contribution in [0.1, 0.15) is 31.4 Å². The molecule has 0 unspecified atom stereocenters. The number of anilines is 1. The molecule has 0 radical (unpaired) electrons. The second-order valence-corrected chi connectivity index (χ2v) is 6.18. The number of fused-ring (bicyclic) bond motifs is 1. The summed E-state index contributed by atoms with van der Waals surface area (Å²) in [6, 6.07) is 8.45. The van der Waals surface area contributed by atoms with Gasteiger partial charge in [0.25, 0.3) is 0 Å². The van der Waals surface area contributed by atoms with E-state index in [4.69, 9.17) is 9.72 Å². The summed E-state index contributed by atoms with van der Waals surface area (Å²) in [6.45, 7) is 0.451. The molecule has 1 fully saturated rings. The Labute approximate surface area is 140 Å². The Morgan fingerprint density at radius 2 is 2.12 bits per heavy atom. The van der Waals surface area contributed by atoms with Crippen LogP contribution in [0.3, 0.4) is 0 Å². The first-order chi connectivity index (χ1) is 11.8. The fourth-order valence-corrected chi connectivity index (χ4v) is 3.38. The van der Waals surface area contributed by atoms with E-state index in [0.717, 1.165) is 22.5 Å². The molecule has 3 aromatic heterocycles. The van der Waals surface area contributed by atoms with Gasteiger partial charge in [0.05, 0.1) is 29.1 Å². The highest BCUT2D eigenvalue weighted by molar-refractivity contribution is 5.80. The predicted octanol–water partition coefficient (Wildman–Crippen LogP) is 3.29. The van der Waals surface area contributed by atoms with Crippen LogP contribution in [0.15, 0.2) is 36.7 Å². The van der Waals surface area contributed by atoms with Gasteiger partial charge in [0.15, 0.2) is 0 Å². The van der Waals surface area contributed by atoms with Gasteiger partial charge in [0.2, 0.25) is 5.95 Å². The standard InChI is InChI=1S/C18H21N5O/c1-24-12-15-17(16-8-4-5-11-23(16)22-15)14-9-10-19-18(21-14)20-13-6-2-3-7-13/h4-5,8-11,13H,2-3,6-7,12H2,1H3,(H,19,20,21). The largest absolute Gasteiger partial charge is 0.378 e. The third kappa shape index (κ3) is 2.85. The SMILES string of the molecule is COCc1nn2ccccc2c1-c1ccnc(NC2CCCC2)n1. The summed E-state index contributed by atoms with van der Waals surface area (Å²) >= 11 is 0. The number of aromatic nitrogens is 4. The average Bonchev–Trinajstić information content (AvgIpc) is 3.22. The number of rotatable bonds is 5. The Morgan fingerprint density at radius 1 is 1.25 bits per heavy atom. The summed E-state index contributed by atoms with van der Waals surface area (Å²) in [6.07, 6.45) is 8.70. The lowest BCUT2D eigenvalue weighted by Gasteiger charge is -2.12. The zero-order valence-electron chi connectivity index (χ0n) is 13.8. The third-order valence-corrected chi connectivity index (χ3v) is 4.49. The maximum atomic E-state index is 5.32. The molecular formula is C18H21N5O. The number of nitrogens with one attached hydrogen (secondary N) is 1. The van der Waals surface area contributed by atoms with Crippen molar-refractivity contribution in [1.82, 2.24) is 19.6 Å². The van der Waals surface area contributed by atoms with Gasteiger partial charge in [-0.15, -0.1) is 0 Å². The highest BCUT2D eigenvalue weighted by atomic mass is 16.5. The molecule has 1 N–H and O–H groups in total. The second kappa shape index (κ2) is 6.57. The Hall–Kier alpha value is -2.47. The summed E-state index contributed by atoms with van der Waals surface area (Å²) in [5.74, 6) is 0.693. The molecule has 0 bridgehead atoms. The van der Waals surface area contributed by atoms with E-state index in [0.29, 0.717) is 18.6 Å². The average molecular weight is 323 g/mol. The smallest absolute Gasteiger partial charge is 0.223 e. The van der Waals surface area contributed by atoms with Crippen LogP contribution < -0.4 is 5.32 Å². The number of pyridine rings is 1. The Morgan fingerprint density at radius 3 is 2.96 bits per heavy atom. The van der Waals surface area contributed by atoms with Crippen LogP contribution in [-0.4, -0.2) is 32.7 Å². The molecule has 6 nitrogen and oxygen atoms in total. The van der Waals surface area contributed by atoms with Crippen molar-refractivity contribution in [1.29, 1.82) is 0 Å². The lowest BCUT2D eigenvalue weighted by atomic mass is 10.1. The summed E-state index contributed by atoms with van der Waals surface area (Å²) in [5, 5.41) is 8.08. The minimum absolute atomic E-state index is 0.451. The highest BCUT2D eigenvalue weighted by Gasteiger charge is 2.18. The normalized spacial score (nSPS) is 15.2. The Balaban J connectivity index is 1.74. The van der Waals surface area contributed by atoms with Gasteiger partial charge in [-0.3, -0.25) is 0 Å². The van der Waals surface area contributed by atoms with Gasteiger partial charge in [0, 0.05) is 25.5 Å². The molecular weight excluding hydrogens is 302 g/mol. The number of hydrogen-bond donors (Lipinski definition) is 1. The van der Waals surface area contributed by atoms with E-state index in [-0.39, 0.29) is 0 Å². The molecule has 1 aliphatic carbocycles. The molecule has 0 aliphatic heterocycles. The zero-order valence-corrected chi connectivity index (χ0v) is 13.8. The van der Waals surface area contributed by atoms with Crippen LogP contribution in [0.2, 0.25) is 0 Å². The number of nitrogens with zero attached hydrogens (tertiary/aromatic N) is 4. The lowest BCUT2D eigenvalue weighted by molar-refractivity contribution is 0.181. The van der Waals surface area contributed by atoms with Crippen LogP contribution >= 0.6 is 0 Å². The van der Waals surface area contributed by atoms with Crippen LogP contribution in [0.25, 0.3) is 16.8 Å². The maximum absolute atomic E-state index is 5.32. The minimum Gasteiger partial charge on any atom is -0.378 e. The van der Waals surface area contributed by atoms with E-state index in [1.54, 1.807) is 7.11 Å². The summed E-state index contributed by atoms with van der Waals surface area (Å²) in [5.41, 5.74) is 3.79. The molecule has 0 spiro atoms. The molecule has 124 valence electrons. The molecule has 1 aliphatic rings. The van der Waals surface area contributed by atoms with Crippen molar-refractivity contribution in [3.8, 4) is 11.3 Å². The molecule has 6 heteroatoms.